The summed E-state index contributed by atoms with van der Waals surface area (Å²) in [7, 11) is 1.80. The van der Waals surface area contributed by atoms with Gasteiger partial charge in [-0.15, -0.1) is 0 Å². The fraction of sp³-hybridized carbons (Fsp3) is 0.304. The summed E-state index contributed by atoms with van der Waals surface area (Å²) in [5, 5.41) is 0.614. The third kappa shape index (κ3) is 4.26. The number of likely N-dealkylation sites (N-methyl/N-ethyl adjacent to an activating group) is 1. The standard InChI is InChI=1S/C23H23BrClN3O/c1-27-21-11-10-16(24)14-18(21)22(17-8-4-5-9-19(17)25)26-20(23(27)29)15-28-12-6-2-3-7-13-28/h4-5,8-11,14-15H,2-3,6-7,12-13H2,1H3. The number of halogens is 2. The summed E-state index contributed by atoms with van der Waals surface area (Å²) in [4.78, 5) is 22.1. The predicted octanol–water partition coefficient (Wildman–Crippen LogP) is 5.63. The first-order valence-electron chi connectivity index (χ1n) is 9.92. The van der Waals surface area contributed by atoms with Crippen molar-refractivity contribution in [2.45, 2.75) is 25.7 Å². The monoisotopic (exact) mass is 471 g/mol. The molecule has 2 aliphatic heterocycles. The van der Waals surface area contributed by atoms with E-state index in [2.05, 4.69) is 20.8 Å². The van der Waals surface area contributed by atoms with Crippen LogP contribution in [0.25, 0.3) is 0 Å². The molecule has 0 bridgehead atoms. The molecule has 4 rings (SSSR count). The van der Waals surface area contributed by atoms with Crippen LogP contribution in [-0.4, -0.2) is 36.7 Å². The van der Waals surface area contributed by atoms with Gasteiger partial charge in [0, 0.05) is 47.0 Å². The van der Waals surface area contributed by atoms with Crippen molar-refractivity contribution in [1.82, 2.24) is 4.90 Å². The Morgan fingerprint density at radius 1 is 1.03 bits per heavy atom. The fourth-order valence-corrected chi connectivity index (χ4v) is 4.43. The number of carbonyl (C=O) groups excluding carboxylic acids is 1. The number of benzene rings is 2. The molecule has 6 heteroatoms. The zero-order valence-electron chi connectivity index (χ0n) is 16.4. The lowest BCUT2D eigenvalue weighted by atomic mass is 10.0. The van der Waals surface area contributed by atoms with E-state index in [0.717, 1.165) is 47.2 Å². The zero-order valence-corrected chi connectivity index (χ0v) is 18.7. The highest BCUT2D eigenvalue weighted by atomic mass is 79.9. The normalized spacial score (nSPS) is 18.9. The summed E-state index contributed by atoms with van der Waals surface area (Å²) in [6.45, 7) is 1.91. The van der Waals surface area contributed by atoms with Gasteiger partial charge in [0.05, 0.1) is 11.4 Å². The molecule has 4 nitrogen and oxygen atoms in total. The number of aliphatic imine (C=N–C) groups is 1. The number of hydrogen-bond donors (Lipinski definition) is 0. The van der Waals surface area contributed by atoms with Crippen LogP contribution in [0.3, 0.4) is 0 Å². The maximum Gasteiger partial charge on any atom is 0.278 e. The molecule has 0 radical (unpaired) electrons. The Hall–Kier alpha value is -2.11. The van der Waals surface area contributed by atoms with Gasteiger partial charge in [0.1, 0.15) is 5.70 Å². The van der Waals surface area contributed by atoms with Crippen LogP contribution in [0.2, 0.25) is 5.02 Å². The largest absolute Gasteiger partial charge is 0.375 e. The molecule has 0 saturated carbocycles. The van der Waals surface area contributed by atoms with E-state index in [4.69, 9.17) is 16.6 Å². The van der Waals surface area contributed by atoms with E-state index in [0.29, 0.717) is 16.4 Å². The number of anilines is 1. The second-order valence-electron chi connectivity index (χ2n) is 7.43. The third-order valence-corrected chi connectivity index (χ3v) is 6.23. The fourth-order valence-electron chi connectivity index (χ4n) is 3.84. The van der Waals surface area contributed by atoms with Crippen LogP contribution in [0.15, 0.2) is 63.8 Å². The van der Waals surface area contributed by atoms with Crippen molar-refractivity contribution in [2.24, 2.45) is 4.99 Å². The van der Waals surface area contributed by atoms with Crippen molar-refractivity contribution in [1.29, 1.82) is 0 Å². The molecule has 0 spiro atoms. The van der Waals surface area contributed by atoms with Crippen LogP contribution in [0.4, 0.5) is 5.69 Å². The summed E-state index contributed by atoms with van der Waals surface area (Å²) in [5.41, 5.74) is 3.67. The second-order valence-corrected chi connectivity index (χ2v) is 8.75. The van der Waals surface area contributed by atoms with Crippen LogP contribution in [0.1, 0.15) is 36.8 Å². The summed E-state index contributed by atoms with van der Waals surface area (Å²) in [6, 6.07) is 13.5. The highest BCUT2D eigenvalue weighted by Gasteiger charge is 2.27. The van der Waals surface area contributed by atoms with Gasteiger partial charge in [-0.3, -0.25) is 4.79 Å². The quantitative estimate of drug-likeness (QED) is 0.531. The Kier molecular flexibility index (Phi) is 6.07. The number of nitrogens with zero attached hydrogens (tertiary/aromatic N) is 3. The Morgan fingerprint density at radius 3 is 2.48 bits per heavy atom. The maximum absolute atomic E-state index is 13.3. The molecule has 2 aromatic carbocycles. The van der Waals surface area contributed by atoms with E-state index in [1.54, 1.807) is 11.9 Å². The maximum atomic E-state index is 13.3. The van der Waals surface area contributed by atoms with E-state index < -0.39 is 0 Å². The van der Waals surface area contributed by atoms with Crippen molar-refractivity contribution in [3.05, 3.63) is 75.0 Å². The number of fused-ring (bicyclic) bond motifs is 1. The third-order valence-electron chi connectivity index (χ3n) is 5.41. The van der Waals surface area contributed by atoms with E-state index in [9.17, 15) is 4.79 Å². The molecule has 1 amide bonds. The number of benzodiazepines with no additional fused rings is 1. The van der Waals surface area contributed by atoms with Gasteiger partial charge in [-0.1, -0.05) is 58.6 Å². The first-order valence-corrected chi connectivity index (χ1v) is 11.1. The summed E-state index contributed by atoms with van der Waals surface area (Å²) >= 11 is 10.1. The minimum Gasteiger partial charge on any atom is -0.375 e. The molecule has 0 aliphatic carbocycles. The van der Waals surface area contributed by atoms with Gasteiger partial charge in [-0.2, -0.15) is 0 Å². The lowest BCUT2D eigenvalue weighted by molar-refractivity contribution is -0.114. The Balaban J connectivity index is 1.90. The molecule has 0 atom stereocenters. The average Bonchev–Trinajstić information content (AvgIpc) is 3.03. The molecule has 0 aromatic heterocycles. The molecular weight excluding hydrogens is 450 g/mol. The molecule has 2 heterocycles. The number of hydrogen-bond acceptors (Lipinski definition) is 3. The molecule has 0 N–H and O–H groups in total. The van der Waals surface area contributed by atoms with Crippen LogP contribution in [0, 0.1) is 0 Å². The van der Waals surface area contributed by atoms with Crippen molar-refractivity contribution in [3.8, 4) is 0 Å². The SMILES string of the molecule is CN1C(=O)C(=CN2CCCCCC2)N=C(c2ccccc2Cl)c2cc(Br)ccc21. The van der Waals surface area contributed by atoms with E-state index in [-0.39, 0.29) is 5.91 Å². The summed E-state index contributed by atoms with van der Waals surface area (Å²) in [5.74, 6) is -0.111. The van der Waals surface area contributed by atoms with Gasteiger partial charge < -0.3 is 9.80 Å². The number of amides is 1. The van der Waals surface area contributed by atoms with Gasteiger partial charge in [0.15, 0.2) is 0 Å². The van der Waals surface area contributed by atoms with Crippen LogP contribution in [-0.2, 0) is 4.79 Å². The Labute approximate surface area is 185 Å². The number of rotatable bonds is 2. The predicted molar refractivity (Wildman–Crippen MR) is 123 cm³/mol. The lowest BCUT2D eigenvalue weighted by Gasteiger charge is -2.20. The van der Waals surface area contributed by atoms with Gasteiger partial charge in [0.2, 0.25) is 0 Å². The van der Waals surface area contributed by atoms with Crippen LogP contribution < -0.4 is 4.90 Å². The van der Waals surface area contributed by atoms with E-state index >= 15 is 0 Å². The molecular formula is C23H23BrClN3O. The first-order chi connectivity index (χ1) is 14.0. The molecule has 29 heavy (non-hydrogen) atoms. The molecule has 0 unspecified atom stereocenters. The van der Waals surface area contributed by atoms with Gasteiger partial charge in [0.25, 0.3) is 5.91 Å². The van der Waals surface area contributed by atoms with Gasteiger partial charge in [-0.25, -0.2) is 4.99 Å². The Bertz CT molecular complexity index is 993. The number of carbonyl (C=O) groups is 1. The van der Waals surface area contributed by atoms with Crippen molar-refractivity contribution in [2.75, 3.05) is 25.0 Å². The molecule has 2 aromatic rings. The van der Waals surface area contributed by atoms with Gasteiger partial charge in [-0.05, 0) is 37.1 Å². The second kappa shape index (κ2) is 8.72. The topological polar surface area (TPSA) is 35.9 Å². The van der Waals surface area contributed by atoms with Crippen molar-refractivity contribution >= 4 is 44.8 Å². The molecule has 1 fully saturated rings. The summed E-state index contributed by atoms with van der Waals surface area (Å²) < 4.78 is 0.928. The molecule has 1 saturated heterocycles. The first kappa shape index (κ1) is 20.2. The summed E-state index contributed by atoms with van der Waals surface area (Å²) in [6.07, 6.45) is 6.69. The van der Waals surface area contributed by atoms with Crippen LogP contribution >= 0.6 is 27.5 Å². The van der Waals surface area contributed by atoms with Crippen molar-refractivity contribution in [3.63, 3.8) is 0 Å². The highest BCUT2D eigenvalue weighted by molar-refractivity contribution is 9.10. The minimum atomic E-state index is -0.111. The van der Waals surface area contributed by atoms with Crippen molar-refractivity contribution < 1.29 is 4.79 Å². The van der Waals surface area contributed by atoms with E-state index in [1.807, 2.05) is 48.7 Å². The number of likely N-dealkylation sites (tertiary alicyclic amines) is 1. The average molecular weight is 473 g/mol. The smallest absolute Gasteiger partial charge is 0.278 e. The molecule has 150 valence electrons. The Morgan fingerprint density at radius 2 is 1.76 bits per heavy atom. The minimum absolute atomic E-state index is 0.111. The van der Waals surface area contributed by atoms with Crippen LogP contribution in [0.5, 0.6) is 0 Å². The van der Waals surface area contributed by atoms with Gasteiger partial charge >= 0.3 is 0 Å². The zero-order chi connectivity index (χ0) is 20.4. The lowest BCUT2D eigenvalue weighted by Crippen LogP contribution is -2.28. The van der Waals surface area contributed by atoms with E-state index in [1.165, 1.54) is 12.8 Å². The molecule has 2 aliphatic rings. The highest BCUT2D eigenvalue weighted by Crippen LogP contribution is 2.33.